The molecule has 0 bridgehead atoms. The van der Waals surface area contributed by atoms with E-state index in [9.17, 15) is 4.79 Å². The second-order valence-electron chi connectivity index (χ2n) is 5.13. The molecule has 0 radical (unpaired) electrons. The zero-order valence-corrected chi connectivity index (χ0v) is 12.4. The number of carbonyl (C=O) groups is 1. The molecule has 98 valence electrons. The Labute approximate surface area is 116 Å². The van der Waals surface area contributed by atoms with E-state index in [0.29, 0.717) is 0 Å². The molecular formula is C14H19BrN2O. The Morgan fingerprint density at radius 1 is 1.39 bits per heavy atom. The largest absolute Gasteiger partial charge is 0.327 e. The van der Waals surface area contributed by atoms with Crippen LogP contribution in [0.3, 0.4) is 0 Å². The molecule has 0 saturated heterocycles. The Balaban J connectivity index is 2.17. The number of rotatable bonds is 2. The van der Waals surface area contributed by atoms with Gasteiger partial charge in [0.25, 0.3) is 0 Å². The molecule has 1 aromatic carbocycles. The Morgan fingerprint density at radius 2 is 2.11 bits per heavy atom. The van der Waals surface area contributed by atoms with Gasteiger partial charge in [-0.2, -0.15) is 0 Å². The van der Waals surface area contributed by atoms with E-state index in [1.807, 2.05) is 19.9 Å². The zero-order valence-electron chi connectivity index (χ0n) is 10.8. The number of carbonyl (C=O) groups excluding carboxylic acids is 1. The summed E-state index contributed by atoms with van der Waals surface area (Å²) in [6.45, 7) is 4.04. The number of benzene rings is 1. The van der Waals surface area contributed by atoms with Crippen LogP contribution < -0.4 is 11.1 Å². The van der Waals surface area contributed by atoms with Crippen molar-refractivity contribution in [1.82, 2.24) is 0 Å². The molecular weight excluding hydrogens is 292 g/mol. The summed E-state index contributed by atoms with van der Waals surface area (Å²) in [6.07, 6.45) is 2.90. The van der Waals surface area contributed by atoms with Crippen LogP contribution in [0.4, 0.5) is 5.69 Å². The summed E-state index contributed by atoms with van der Waals surface area (Å²) in [5.74, 6) is 0.00487. The molecule has 1 saturated carbocycles. The van der Waals surface area contributed by atoms with Crippen molar-refractivity contribution < 1.29 is 4.79 Å². The van der Waals surface area contributed by atoms with Crippen LogP contribution in [0.25, 0.3) is 0 Å². The van der Waals surface area contributed by atoms with E-state index in [-0.39, 0.29) is 17.9 Å². The third-order valence-electron chi connectivity index (χ3n) is 3.59. The minimum absolute atomic E-state index is 0.00882. The van der Waals surface area contributed by atoms with Crippen molar-refractivity contribution in [2.45, 2.75) is 39.2 Å². The fraction of sp³-hybridized carbons (Fsp3) is 0.500. The number of aryl methyl sites for hydroxylation is 2. The summed E-state index contributed by atoms with van der Waals surface area (Å²) in [5.41, 5.74) is 9.07. The maximum atomic E-state index is 12.2. The van der Waals surface area contributed by atoms with Crippen molar-refractivity contribution >= 4 is 27.5 Å². The zero-order chi connectivity index (χ0) is 13.3. The average Bonchev–Trinajstić information content (AvgIpc) is 2.69. The Morgan fingerprint density at radius 3 is 2.67 bits per heavy atom. The Bertz CT molecular complexity index is 450. The van der Waals surface area contributed by atoms with Gasteiger partial charge in [-0.25, -0.2) is 0 Å². The standard InChI is InChI=1S/C14H19BrN2O/c1-8-6-9(2)13(11(15)7-8)17-14(18)10-4-3-5-12(10)16/h6-7,10,12H,3-5,16H2,1-2H3,(H,17,18). The lowest BCUT2D eigenvalue weighted by Crippen LogP contribution is -2.34. The van der Waals surface area contributed by atoms with Gasteiger partial charge in [0.1, 0.15) is 0 Å². The first kappa shape index (κ1) is 13.6. The average molecular weight is 311 g/mol. The van der Waals surface area contributed by atoms with Gasteiger partial charge >= 0.3 is 0 Å². The van der Waals surface area contributed by atoms with Crippen LogP contribution in [0.15, 0.2) is 16.6 Å². The third-order valence-corrected chi connectivity index (χ3v) is 4.21. The van der Waals surface area contributed by atoms with Crippen molar-refractivity contribution in [3.05, 3.63) is 27.7 Å². The summed E-state index contributed by atoms with van der Waals surface area (Å²) < 4.78 is 0.930. The lowest BCUT2D eigenvalue weighted by atomic mass is 10.0. The molecule has 0 aromatic heterocycles. The number of hydrogen-bond acceptors (Lipinski definition) is 2. The highest BCUT2D eigenvalue weighted by molar-refractivity contribution is 9.10. The van der Waals surface area contributed by atoms with E-state index < -0.39 is 0 Å². The van der Waals surface area contributed by atoms with Gasteiger partial charge in [-0.05, 0) is 59.8 Å². The van der Waals surface area contributed by atoms with Crippen LogP contribution in [-0.4, -0.2) is 11.9 Å². The van der Waals surface area contributed by atoms with Crippen molar-refractivity contribution in [2.75, 3.05) is 5.32 Å². The predicted octanol–water partition coefficient (Wildman–Crippen LogP) is 3.13. The van der Waals surface area contributed by atoms with E-state index in [2.05, 4.69) is 27.3 Å². The van der Waals surface area contributed by atoms with Gasteiger partial charge in [0, 0.05) is 10.5 Å². The second kappa shape index (κ2) is 5.41. The van der Waals surface area contributed by atoms with E-state index in [1.54, 1.807) is 0 Å². The molecule has 1 fully saturated rings. The van der Waals surface area contributed by atoms with Crippen molar-refractivity contribution in [3.8, 4) is 0 Å². The number of nitrogens with one attached hydrogen (secondary N) is 1. The molecule has 0 aliphatic heterocycles. The highest BCUT2D eigenvalue weighted by Gasteiger charge is 2.30. The smallest absolute Gasteiger partial charge is 0.229 e. The number of nitrogens with two attached hydrogens (primary N) is 1. The molecule has 0 spiro atoms. The van der Waals surface area contributed by atoms with Crippen LogP contribution in [0.1, 0.15) is 30.4 Å². The fourth-order valence-electron chi connectivity index (χ4n) is 2.60. The highest BCUT2D eigenvalue weighted by Crippen LogP contribution is 2.30. The number of anilines is 1. The lowest BCUT2D eigenvalue weighted by molar-refractivity contribution is -0.120. The molecule has 2 rings (SSSR count). The van der Waals surface area contributed by atoms with Crippen LogP contribution in [0, 0.1) is 19.8 Å². The normalized spacial score (nSPS) is 23.1. The monoisotopic (exact) mass is 310 g/mol. The Kier molecular flexibility index (Phi) is 4.07. The highest BCUT2D eigenvalue weighted by atomic mass is 79.9. The second-order valence-corrected chi connectivity index (χ2v) is 5.98. The quantitative estimate of drug-likeness (QED) is 0.881. The molecule has 2 unspecified atom stereocenters. The maximum absolute atomic E-state index is 12.2. The molecule has 0 heterocycles. The minimum atomic E-state index is -0.0439. The maximum Gasteiger partial charge on any atom is 0.229 e. The first-order valence-electron chi connectivity index (χ1n) is 6.32. The molecule has 3 N–H and O–H groups in total. The van der Waals surface area contributed by atoms with Gasteiger partial charge in [0.2, 0.25) is 5.91 Å². The predicted molar refractivity (Wildman–Crippen MR) is 77.6 cm³/mol. The lowest BCUT2D eigenvalue weighted by Gasteiger charge is -2.17. The number of halogens is 1. The number of amides is 1. The summed E-state index contributed by atoms with van der Waals surface area (Å²) in [6, 6.07) is 4.08. The van der Waals surface area contributed by atoms with Gasteiger partial charge in [-0.1, -0.05) is 12.5 Å². The third kappa shape index (κ3) is 2.75. The minimum Gasteiger partial charge on any atom is -0.327 e. The molecule has 1 amide bonds. The van der Waals surface area contributed by atoms with Crippen LogP contribution >= 0.6 is 15.9 Å². The SMILES string of the molecule is Cc1cc(C)c(NC(=O)C2CCCC2N)c(Br)c1. The van der Waals surface area contributed by atoms with Gasteiger partial charge in [-0.3, -0.25) is 4.79 Å². The van der Waals surface area contributed by atoms with Gasteiger partial charge in [0.05, 0.1) is 11.6 Å². The van der Waals surface area contributed by atoms with Crippen molar-refractivity contribution in [2.24, 2.45) is 11.7 Å². The van der Waals surface area contributed by atoms with E-state index in [4.69, 9.17) is 5.73 Å². The summed E-state index contributed by atoms with van der Waals surface area (Å²) in [5, 5.41) is 3.01. The van der Waals surface area contributed by atoms with Gasteiger partial charge in [0.15, 0.2) is 0 Å². The van der Waals surface area contributed by atoms with E-state index >= 15 is 0 Å². The topological polar surface area (TPSA) is 55.1 Å². The molecule has 3 nitrogen and oxygen atoms in total. The number of hydrogen-bond donors (Lipinski definition) is 2. The molecule has 18 heavy (non-hydrogen) atoms. The van der Waals surface area contributed by atoms with Gasteiger partial charge < -0.3 is 11.1 Å². The Hall–Kier alpha value is -0.870. The summed E-state index contributed by atoms with van der Waals surface area (Å²) >= 11 is 3.50. The molecule has 1 aliphatic rings. The van der Waals surface area contributed by atoms with Gasteiger partial charge in [-0.15, -0.1) is 0 Å². The molecule has 4 heteroatoms. The molecule has 1 aromatic rings. The van der Waals surface area contributed by atoms with Crippen LogP contribution in [0.2, 0.25) is 0 Å². The summed E-state index contributed by atoms with van der Waals surface area (Å²) in [7, 11) is 0. The van der Waals surface area contributed by atoms with Crippen molar-refractivity contribution in [1.29, 1.82) is 0 Å². The first-order chi connectivity index (χ1) is 8.49. The van der Waals surface area contributed by atoms with E-state index in [0.717, 1.165) is 35.0 Å². The summed E-state index contributed by atoms with van der Waals surface area (Å²) in [4.78, 5) is 12.2. The first-order valence-corrected chi connectivity index (χ1v) is 7.11. The fourth-order valence-corrected chi connectivity index (χ4v) is 3.38. The van der Waals surface area contributed by atoms with Crippen molar-refractivity contribution in [3.63, 3.8) is 0 Å². The molecule has 1 aliphatic carbocycles. The van der Waals surface area contributed by atoms with Crippen LogP contribution in [-0.2, 0) is 4.79 Å². The van der Waals surface area contributed by atoms with Crippen LogP contribution in [0.5, 0.6) is 0 Å². The van der Waals surface area contributed by atoms with E-state index in [1.165, 1.54) is 5.56 Å². The molecule has 2 atom stereocenters.